The molecule has 2 heterocycles. The number of amides is 1. The lowest BCUT2D eigenvalue weighted by Gasteiger charge is -2.25. The highest BCUT2D eigenvalue weighted by atomic mass is 35.5. The summed E-state index contributed by atoms with van der Waals surface area (Å²) in [6.45, 7) is 6.49. The van der Waals surface area contributed by atoms with Gasteiger partial charge in [0.1, 0.15) is 23.3 Å². The molecule has 33 heavy (non-hydrogen) atoms. The normalized spacial score (nSPS) is 17.7. The topological polar surface area (TPSA) is 80.0 Å². The predicted octanol–water partition coefficient (Wildman–Crippen LogP) is 5.90. The number of furan rings is 1. The largest absolute Gasteiger partial charge is 0.507 e. The number of benzene rings is 2. The number of halogens is 1. The Balaban J connectivity index is 1.81. The second-order valence-corrected chi connectivity index (χ2v) is 8.78. The molecule has 0 spiro atoms. The quantitative estimate of drug-likeness (QED) is 0.278. The molecular weight excluding hydrogens is 442 g/mol. The molecule has 4 rings (SSSR count). The first-order chi connectivity index (χ1) is 15.8. The Morgan fingerprint density at radius 3 is 2.52 bits per heavy atom. The molecule has 1 aliphatic heterocycles. The number of aliphatic hydroxyl groups excluding tert-OH is 1. The zero-order valence-electron chi connectivity index (χ0n) is 18.5. The van der Waals surface area contributed by atoms with Crippen LogP contribution in [0.25, 0.3) is 5.76 Å². The van der Waals surface area contributed by atoms with E-state index in [1.807, 2.05) is 6.92 Å². The molecule has 0 radical (unpaired) electrons. The highest BCUT2D eigenvalue weighted by Gasteiger charge is 2.48. The lowest BCUT2D eigenvalue weighted by Crippen LogP contribution is -2.30. The molecule has 1 aliphatic rings. The van der Waals surface area contributed by atoms with Crippen LogP contribution in [0.5, 0.6) is 5.75 Å². The van der Waals surface area contributed by atoms with Gasteiger partial charge in [0.25, 0.3) is 11.7 Å². The molecular formula is C26H24ClNO5. The summed E-state index contributed by atoms with van der Waals surface area (Å²) in [5, 5.41) is 11.6. The smallest absolute Gasteiger partial charge is 0.300 e. The summed E-state index contributed by atoms with van der Waals surface area (Å²) in [4.78, 5) is 27.6. The van der Waals surface area contributed by atoms with Crippen LogP contribution in [0.4, 0.5) is 5.69 Å². The van der Waals surface area contributed by atoms with E-state index in [9.17, 15) is 14.7 Å². The van der Waals surface area contributed by atoms with Crippen molar-refractivity contribution in [3.8, 4) is 5.75 Å². The number of aryl methyl sites for hydroxylation is 1. The number of aliphatic hydroxyl groups is 1. The summed E-state index contributed by atoms with van der Waals surface area (Å²) < 4.78 is 11.3. The van der Waals surface area contributed by atoms with Crippen LogP contribution < -0.4 is 9.64 Å². The van der Waals surface area contributed by atoms with Gasteiger partial charge in [-0.3, -0.25) is 14.5 Å². The number of ketones is 1. The van der Waals surface area contributed by atoms with Crippen molar-refractivity contribution >= 4 is 34.7 Å². The number of Topliss-reactive ketones (excluding diaryl/α,β-unsaturated/α-hetero) is 1. The Morgan fingerprint density at radius 2 is 1.88 bits per heavy atom. The van der Waals surface area contributed by atoms with Crippen molar-refractivity contribution in [1.29, 1.82) is 0 Å². The maximum absolute atomic E-state index is 13.2. The molecule has 2 aromatic carbocycles. The third-order valence-electron chi connectivity index (χ3n) is 5.40. The number of rotatable bonds is 6. The van der Waals surface area contributed by atoms with Crippen molar-refractivity contribution < 1.29 is 23.8 Å². The number of carbonyl (C=O) groups excluding carboxylic acids is 2. The zero-order valence-corrected chi connectivity index (χ0v) is 19.3. The summed E-state index contributed by atoms with van der Waals surface area (Å²) >= 11 is 6.19. The van der Waals surface area contributed by atoms with Gasteiger partial charge in [0.15, 0.2) is 0 Å². The van der Waals surface area contributed by atoms with E-state index in [-0.39, 0.29) is 11.3 Å². The molecule has 1 saturated heterocycles. The van der Waals surface area contributed by atoms with Gasteiger partial charge in [-0.05, 0) is 66.9 Å². The lowest BCUT2D eigenvalue weighted by molar-refractivity contribution is -0.132. The zero-order chi connectivity index (χ0) is 23.7. The van der Waals surface area contributed by atoms with Gasteiger partial charge in [-0.2, -0.15) is 0 Å². The van der Waals surface area contributed by atoms with Gasteiger partial charge in [0.2, 0.25) is 0 Å². The Labute approximate surface area is 197 Å². The first kappa shape index (κ1) is 22.7. The number of anilines is 1. The summed E-state index contributed by atoms with van der Waals surface area (Å²) in [5.74, 6) is -0.469. The molecule has 1 aromatic heterocycles. The minimum Gasteiger partial charge on any atom is -0.507 e. The Morgan fingerprint density at radius 1 is 1.15 bits per heavy atom. The average Bonchev–Trinajstić information content (AvgIpc) is 3.41. The molecule has 0 bridgehead atoms. The molecule has 0 saturated carbocycles. The van der Waals surface area contributed by atoms with Gasteiger partial charge in [0.05, 0.1) is 18.4 Å². The van der Waals surface area contributed by atoms with E-state index in [1.54, 1.807) is 54.6 Å². The van der Waals surface area contributed by atoms with Crippen LogP contribution in [0, 0.1) is 12.8 Å². The Kier molecular flexibility index (Phi) is 6.29. The standard InChI is InChI=1S/C26H24ClNO5/c1-15(2)14-33-19-10-7-17(8-11-19)24(29)22-23(21-5-4-12-32-21)28(26(31)25(22)30)20-13-18(27)9-6-16(20)3/h4-13,15,23,29H,14H2,1-3H3/b24-22-. The van der Waals surface area contributed by atoms with E-state index in [1.165, 1.54) is 11.2 Å². The molecule has 1 unspecified atom stereocenters. The fourth-order valence-corrected chi connectivity index (χ4v) is 3.93. The predicted molar refractivity (Wildman–Crippen MR) is 126 cm³/mol. The molecule has 1 fully saturated rings. The van der Waals surface area contributed by atoms with Gasteiger partial charge in [-0.1, -0.05) is 31.5 Å². The minimum absolute atomic E-state index is 0.0508. The minimum atomic E-state index is -0.936. The van der Waals surface area contributed by atoms with E-state index < -0.39 is 17.7 Å². The number of carbonyl (C=O) groups is 2. The van der Waals surface area contributed by atoms with Crippen molar-refractivity contribution in [3.05, 3.63) is 88.3 Å². The van der Waals surface area contributed by atoms with Crippen LogP contribution in [0.1, 0.15) is 36.8 Å². The number of hydrogen-bond acceptors (Lipinski definition) is 5. The lowest BCUT2D eigenvalue weighted by atomic mass is 9.99. The van der Waals surface area contributed by atoms with Gasteiger partial charge in [0, 0.05) is 16.3 Å². The van der Waals surface area contributed by atoms with Gasteiger partial charge >= 0.3 is 0 Å². The summed E-state index contributed by atoms with van der Waals surface area (Å²) in [7, 11) is 0. The van der Waals surface area contributed by atoms with Gasteiger partial charge in [-0.15, -0.1) is 0 Å². The average molecular weight is 466 g/mol. The highest BCUT2D eigenvalue weighted by molar-refractivity contribution is 6.51. The molecule has 7 heteroatoms. The second kappa shape index (κ2) is 9.16. The highest BCUT2D eigenvalue weighted by Crippen LogP contribution is 2.43. The van der Waals surface area contributed by atoms with Crippen LogP contribution in [-0.4, -0.2) is 23.4 Å². The van der Waals surface area contributed by atoms with E-state index in [0.717, 1.165) is 5.56 Å². The van der Waals surface area contributed by atoms with Crippen molar-refractivity contribution in [2.45, 2.75) is 26.8 Å². The molecule has 0 aliphatic carbocycles. The van der Waals surface area contributed by atoms with Crippen molar-refractivity contribution in [2.75, 3.05) is 11.5 Å². The Hall–Kier alpha value is -3.51. The molecule has 1 N–H and O–H groups in total. The molecule has 6 nitrogen and oxygen atoms in total. The molecule has 3 aromatic rings. The van der Waals surface area contributed by atoms with E-state index in [2.05, 4.69) is 13.8 Å². The van der Waals surface area contributed by atoms with Crippen LogP contribution in [0.15, 0.2) is 70.9 Å². The van der Waals surface area contributed by atoms with E-state index in [0.29, 0.717) is 40.3 Å². The van der Waals surface area contributed by atoms with Gasteiger partial charge < -0.3 is 14.3 Å². The number of nitrogens with zero attached hydrogens (tertiary/aromatic N) is 1. The SMILES string of the molecule is Cc1ccc(Cl)cc1N1C(=O)C(=O)/C(=C(\O)c2ccc(OCC(C)C)cc2)C1c1ccco1. The first-order valence-corrected chi connectivity index (χ1v) is 11.0. The monoisotopic (exact) mass is 465 g/mol. The summed E-state index contributed by atoms with van der Waals surface area (Å²) in [5.41, 5.74) is 1.57. The van der Waals surface area contributed by atoms with E-state index in [4.69, 9.17) is 20.8 Å². The fourth-order valence-electron chi connectivity index (χ4n) is 3.77. The van der Waals surface area contributed by atoms with Crippen molar-refractivity contribution in [3.63, 3.8) is 0 Å². The van der Waals surface area contributed by atoms with Crippen molar-refractivity contribution in [2.24, 2.45) is 5.92 Å². The van der Waals surface area contributed by atoms with E-state index >= 15 is 0 Å². The maximum atomic E-state index is 13.2. The third kappa shape index (κ3) is 4.39. The van der Waals surface area contributed by atoms with Crippen LogP contribution in [0.2, 0.25) is 5.02 Å². The third-order valence-corrected chi connectivity index (χ3v) is 5.63. The maximum Gasteiger partial charge on any atom is 0.300 e. The summed E-state index contributed by atoms with van der Waals surface area (Å²) in [6, 6.07) is 14.2. The van der Waals surface area contributed by atoms with Crippen LogP contribution in [-0.2, 0) is 9.59 Å². The second-order valence-electron chi connectivity index (χ2n) is 8.34. The number of hydrogen-bond donors (Lipinski definition) is 1. The van der Waals surface area contributed by atoms with Crippen molar-refractivity contribution in [1.82, 2.24) is 0 Å². The Bertz CT molecular complexity index is 1210. The summed E-state index contributed by atoms with van der Waals surface area (Å²) in [6.07, 6.45) is 1.46. The molecule has 170 valence electrons. The first-order valence-electron chi connectivity index (χ1n) is 10.6. The number of ether oxygens (including phenoxy) is 1. The van der Waals surface area contributed by atoms with Crippen LogP contribution in [0.3, 0.4) is 0 Å². The van der Waals surface area contributed by atoms with Gasteiger partial charge in [-0.25, -0.2) is 0 Å². The molecule has 1 amide bonds. The van der Waals surface area contributed by atoms with Crippen LogP contribution >= 0.6 is 11.6 Å². The fraction of sp³-hybridized carbons (Fsp3) is 0.231. The molecule has 1 atom stereocenters.